The molecule has 0 saturated carbocycles. The van der Waals surface area contributed by atoms with Crippen LogP contribution in [0.15, 0.2) is 0 Å². The van der Waals surface area contributed by atoms with Crippen LogP contribution in [0.1, 0.15) is 65.2 Å². The van der Waals surface area contributed by atoms with Gasteiger partial charge in [-0.2, -0.15) is 0 Å². The summed E-state index contributed by atoms with van der Waals surface area (Å²) in [7, 11) is -3.18. The predicted octanol–water partition coefficient (Wildman–Crippen LogP) is 2.52. The molecule has 0 bridgehead atoms. The molecule has 0 spiro atoms. The second kappa shape index (κ2) is 10.2. The molecule has 1 rings (SSSR count). The fraction of sp³-hybridized carbons (Fsp3) is 0.938. The van der Waals surface area contributed by atoms with Crippen molar-refractivity contribution in [2.24, 2.45) is 5.92 Å². The Bertz CT molecular complexity index is 423. The maximum atomic E-state index is 12.2. The number of carbonyl (C=O) groups is 1. The van der Waals surface area contributed by atoms with Gasteiger partial charge in [0.15, 0.2) is 0 Å². The summed E-state index contributed by atoms with van der Waals surface area (Å²) in [6.07, 6.45) is 8.03. The Labute approximate surface area is 135 Å². The highest BCUT2D eigenvalue weighted by Crippen LogP contribution is 2.20. The van der Waals surface area contributed by atoms with Crippen molar-refractivity contribution in [2.75, 3.05) is 25.4 Å². The molecule has 0 aliphatic carbocycles. The second-order valence-electron chi connectivity index (χ2n) is 6.22. The van der Waals surface area contributed by atoms with E-state index in [4.69, 9.17) is 0 Å². The summed E-state index contributed by atoms with van der Waals surface area (Å²) >= 11 is 0. The number of carbonyl (C=O) groups excluding carboxylic acids is 1. The highest BCUT2D eigenvalue weighted by Gasteiger charge is 2.31. The minimum Gasteiger partial charge on any atom is -0.356 e. The molecule has 1 aliphatic rings. The fourth-order valence-corrected chi connectivity index (χ4v) is 4.47. The molecule has 0 aromatic rings. The van der Waals surface area contributed by atoms with Crippen molar-refractivity contribution >= 4 is 15.9 Å². The quantitative estimate of drug-likeness (QED) is 0.625. The Morgan fingerprint density at radius 2 is 1.86 bits per heavy atom. The van der Waals surface area contributed by atoms with Crippen LogP contribution >= 0.6 is 0 Å². The van der Waals surface area contributed by atoms with E-state index in [-0.39, 0.29) is 17.6 Å². The van der Waals surface area contributed by atoms with Crippen molar-refractivity contribution < 1.29 is 13.2 Å². The van der Waals surface area contributed by atoms with Crippen LogP contribution in [0.2, 0.25) is 0 Å². The predicted molar refractivity (Wildman–Crippen MR) is 90.1 cm³/mol. The maximum Gasteiger partial charge on any atom is 0.224 e. The number of amides is 1. The zero-order chi connectivity index (χ0) is 16.4. The first kappa shape index (κ1) is 19.4. The molecule has 0 unspecified atom stereocenters. The lowest BCUT2D eigenvalue weighted by atomic mass is 9.99. The van der Waals surface area contributed by atoms with Crippen LogP contribution in [0.4, 0.5) is 0 Å². The van der Waals surface area contributed by atoms with Gasteiger partial charge in [0.05, 0.1) is 11.7 Å². The van der Waals surface area contributed by atoms with E-state index >= 15 is 0 Å². The number of nitrogens with zero attached hydrogens (tertiary/aromatic N) is 1. The summed E-state index contributed by atoms with van der Waals surface area (Å²) in [6, 6.07) is 0. The molecule has 0 aromatic heterocycles. The molecule has 1 atom stereocenters. The number of unbranched alkanes of at least 4 members (excludes halogenated alkanes) is 4. The number of hydrogen-bond donors (Lipinski definition) is 1. The zero-order valence-electron chi connectivity index (χ0n) is 14.1. The molecule has 1 fully saturated rings. The van der Waals surface area contributed by atoms with E-state index in [1.54, 1.807) is 0 Å². The number of hydrogen-bond acceptors (Lipinski definition) is 3. The molecule has 1 amide bonds. The van der Waals surface area contributed by atoms with E-state index in [0.29, 0.717) is 26.1 Å². The molecule has 22 heavy (non-hydrogen) atoms. The van der Waals surface area contributed by atoms with Gasteiger partial charge >= 0.3 is 0 Å². The van der Waals surface area contributed by atoms with E-state index in [1.165, 1.54) is 23.6 Å². The molecule has 0 aromatic carbocycles. The molecule has 0 radical (unpaired) electrons. The monoisotopic (exact) mass is 332 g/mol. The second-order valence-corrected chi connectivity index (χ2v) is 8.31. The maximum absolute atomic E-state index is 12.2. The summed E-state index contributed by atoms with van der Waals surface area (Å²) in [5.74, 6) is 0.0154. The molecule has 1 saturated heterocycles. The smallest absolute Gasteiger partial charge is 0.224 e. The average molecular weight is 333 g/mol. The first-order valence-corrected chi connectivity index (χ1v) is 10.4. The minimum atomic E-state index is -3.18. The zero-order valence-corrected chi connectivity index (χ0v) is 15.0. The van der Waals surface area contributed by atoms with Crippen LogP contribution in [0.25, 0.3) is 0 Å². The van der Waals surface area contributed by atoms with Gasteiger partial charge in [-0.1, -0.05) is 39.5 Å². The van der Waals surface area contributed by atoms with Gasteiger partial charge in [-0.15, -0.1) is 0 Å². The van der Waals surface area contributed by atoms with Crippen molar-refractivity contribution in [3.8, 4) is 0 Å². The van der Waals surface area contributed by atoms with Gasteiger partial charge in [-0.05, 0) is 25.7 Å². The number of rotatable bonds is 10. The van der Waals surface area contributed by atoms with E-state index in [1.807, 2.05) is 6.92 Å². The first-order valence-electron chi connectivity index (χ1n) is 8.76. The lowest BCUT2D eigenvalue weighted by Crippen LogP contribution is -2.46. The topological polar surface area (TPSA) is 66.5 Å². The Hall–Kier alpha value is -0.620. The fourth-order valence-electron chi connectivity index (χ4n) is 2.88. The van der Waals surface area contributed by atoms with E-state index in [0.717, 1.165) is 25.7 Å². The molecule has 130 valence electrons. The summed E-state index contributed by atoms with van der Waals surface area (Å²) < 4.78 is 25.7. The molecular formula is C16H32N2O3S. The summed E-state index contributed by atoms with van der Waals surface area (Å²) in [5.41, 5.74) is 0. The van der Waals surface area contributed by atoms with Crippen LogP contribution < -0.4 is 5.32 Å². The highest BCUT2D eigenvalue weighted by molar-refractivity contribution is 7.89. The summed E-state index contributed by atoms with van der Waals surface area (Å²) in [4.78, 5) is 12.2. The van der Waals surface area contributed by atoms with Crippen molar-refractivity contribution in [3.63, 3.8) is 0 Å². The lowest BCUT2D eigenvalue weighted by Gasteiger charge is -2.31. The third kappa shape index (κ3) is 6.65. The largest absolute Gasteiger partial charge is 0.356 e. The third-order valence-corrected chi connectivity index (χ3v) is 6.23. The van der Waals surface area contributed by atoms with Gasteiger partial charge in [0, 0.05) is 19.6 Å². The average Bonchev–Trinajstić information content (AvgIpc) is 2.50. The standard InChI is InChI=1S/C16H32N2O3S/c1-3-5-6-7-8-11-17-16(19)15-10-9-12-18(14-15)22(20,21)13-4-2/h15H,3-14H2,1-2H3,(H,17,19)/t15-/m1/s1. The highest BCUT2D eigenvalue weighted by atomic mass is 32.2. The Morgan fingerprint density at radius 1 is 1.14 bits per heavy atom. The van der Waals surface area contributed by atoms with Gasteiger partial charge in [-0.25, -0.2) is 12.7 Å². The first-order chi connectivity index (χ1) is 10.5. The van der Waals surface area contributed by atoms with Crippen LogP contribution in [0.5, 0.6) is 0 Å². The molecule has 1 heterocycles. The van der Waals surface area contributed by atoms with Crippen LogP contribution in [0.3, 0.4) is 0 Å². The van der Waals surface area contributed by atoms with Gasteiger partial charge in [0.2, 0.25) is 15.9 Å². The summed E-state index contributed by atoms with van der Waals surface area (Å²) in [6.45, 7) is 5.67. The van der Waals surface area contributed by atoms with Gasteiger partial charge in [0.25, 0.3) is 0 Å². The van der Waals surface area contributed by atoms with Crippen molar-refractivity contribution in [3.05, 3.63) is 0 Å². The molecule has 1 aliphatic heterocycles. The Balaban J connectivity index is 2.33. The van der Waals surface area contributed by atoms with Gasteiger partial charge in [-0.3, -0.25) is 4.79 Å². The van der Waals surface area contributed by atoms with Crippen LogP contribution in [-0.4, -0.2) is 44.0 Å². The normalized spacial score (nSPS) is 20.0. The van der Waals surface area contributed by atoms with Gasteiger partial charge < -0.3 is 5.32 Å². The Morgan fingerprint density at radius 3 is 2.55 bits per heavy atom. The van der Waals surface area contributed by atoms with E-state index in [2.05, 4.69) is 12.2 Å². The third-order valence-electron chi connectivity index (χ3n) is 4.19. The molecule has 1 N–H and O–H groups in total. The SMILES string of the molecule is CCCCCCCNC(=O)[C@@H]1CCCN(S(=O)(=O)CCC)C1. The molecular weight excluding hydrogens is 300 g/mol. The van der Waals surface area contributed by atoms with E-state index in [9.17, 15) is 13.2 Å². The minimum absolute atomic E-state index is 0.0203. The van der Waals surface area contributed by atoms with Crippen molar-refractivity contribution in [1.29, 1.82) is 0 Å². The summed E-state index contributed by atoms with van der Waals surface area (Å²) in [5, 5.41) is 2.97. The van der Waals surface area contributed by atoms with Crippen molar-refractivity contribution in [2.45, 2.75) is 65.2 Å². The van der Waals surface area contributed by atoms with Gasteiger partial charge in [0.1, 0.15) is 0 Å². The Kier molecular flexibility index (Phi) is 9.02. The van der Waals surface area contributed by atoms with Crippen molar-refractivity contribution in [1.82, 2.24) is 9.62 Å². The van der Waals surface area contributed by atoms with Crippen LogP contribution in [-0.2, 0) is 14.8 Å². The van der Waals surface area contributed by atoms with E-state index < -0.39 is 10.0 Å². The number of piperidine rings is 1. The molecule has 5 nitrogen and oxygen atoms in total. The number of nitrogens with one attached hydrogen (secondary N) is 1. The lowest BCUT2D eigenvalue weighted by molar-refractivity contribution is -0.126. The number of sulfonamides is 1. The van der Waals surface area contributed by atoms with Crippen LogP contribution in [0, 0.1) is 5.92 Å². The molecule has 6 heteroatoms.